The zero-order valence-corrected chi connectivity index (χ0v) is 10.4. The van der Waals surface area contributed by atoms with Crippen molar-refractivity contribution in [2.45, 2.75) is 25.3 Å². The van der Waals surface area contributed by atoms with Crippen LogP contribution >= 0.6 is 0 Å². The Balaban J connectivity index is 1.76. The fourth-order valence-corrected chi connectivity index (χ4v) is 3.10. The summed E-state index contributed by atoms with van der Waals surface area (Å²) in [5.41, 5.74) is 13.3. The summed E-state index contributed by atoms with van der Waals surface area (Å²) in [7, 11) is 0. The van der Waals surface area contributed by atoms with Gasteiger partial charge in [0.1, 0.15) is 0 Å². The molecule has 0 spiro atoms. The predicted molar refractivity (Wildman–Crippen MR) is 74.3 cm³/mol. The fourth-order valence-electron chi connectivity index (χ4n) is 3.10. The quantitative estimate of drug-likeness (QED) is 0.720. The second-order valence-electron chi connectivity index (χ2n) is 5.61. The minimum absolute atomic E-state index is 0.249. The minimum atomic E-state index is 0.249. The van der Waals surface area contributed by atoms with Gasteiger partial charge in [0, 0.05) is 6.04 Å². The highest BCUT2D eigenvalue weighted by molar-refractivity contribution is 5.77. The Morgan fingerprint density at radius 3 is 2.56 bits per heavy atom. The van der Waals surface area contributed by atoms with Gasteiger partial charge in [-0.05, 0) is 53.0 Å². The summed E-state index contributed by atoms with van der Waals surface area (Å²) in [6.07, 6.45) is 3.67. The summed E-state index contributed by atoms with van der Waals surface area (Å²) in [6, 6.07) is 15.8. The van der Waals surface area contributed by atoms with Crippen LogP contribution in [0.5, 0.6) is 0 Å². The van der Waals surface area contributed by atoms with Gasteiger partial charge in [-0.3, -0.25) is 0 Å². The van der Waals surface area contributed by atoms with Crippen molar-refractivity contribution in [2.24, 2.45) is 11.7 Å². The Morgan fingerprint density at radius 1 is 0.944 bits per heavy atom. The molecule has 0 radical (unpaired) electrons. The maximum atomic E-state index is 6.30. The fraction of sp³-hybridized carbons (Fsp3) is 0.294. The average Bonchev–Trinajstić information content (AvgIpc) is 3.18. The van der Waals surface area contributed by atoms with E-state index in [0.717, 1.165) is 12.3 Å². The van der Waals surface area contributed by atoms with Crippen molar-refractivity contribution in [1.29, 1.82) is 0 Å². The Labute approximate surface area is 108 Å². The number of hydrogen-bond acceptors (Lipinski definition) is 1. The third kappa shape index (κ3) is 1.51. The predicted octanol–water partition coefficient (Wildman–Crippen LogP) is 3.67. The van der Waals surface area contributed by atoms with Gasteiger partial charge in [0.2, 0.25) is 0 Å². The van der Waals surface area contributed by atoms with Crippen molar-refractivity contribution in [3.8, 4) is 11.1 Å². The molecule has 2 aromatic rings. The van der Waals surface area contributed by atoms with Crippen molar-refractivity contribution >= 4 is 0 Å². The molecule has 1 fully saturated rings. The lowest BCUT2D eigenvalue weighted by Gasteiger charge is -2.12. The van der Waals surface area contributed by atoms with Crippen LogP contribution in [0.2, 0.25) is 0 Å². The van der Waals surface area contributed by atoms with Gasteiger partial charge < -0.3 is 5.73 Å². The van der Waals surface area contributed by atoms with Crippen LogP contribution in [0.25, 0.3) is 11.1 Å². The Kier molecular flexibility index (Phi) is 2.12. The van der Waals surface area contributed by atoms with Crippen LogP contribution in [0.15, 0.2) is 42.5 Å². The summed E-state index contributed by atoms with van der Waals surface area (Å²) in [5, 5.41) is 0. The van der Waals surface area contributed by atoms with E-state index in [2.05, 4.69) is 42.5 Å². The first-order valence-electron chi connectivity index (χ1n) is 6.79. The highest BCUT2D eigenvalue weighted by atomic mass is 14.7. The van der Waals surface area contributed by atoms with Crippen LogP contribution in [-0.4, -0.2) is 0 Å². The second kappa shape index (κ2) is 3.69. The molecule has 1 heteroatoms. The molecule has 0 amide bonds. The molecule has 2 aromatic carbocycles. The highest BCUT2D eigenvalue weighted by Crippen LogP contribution is 2.42. The molecule has 90 valence electrons. The number of nitrogens with two attached hydrogens (primary N) is 1. The largest absolute Gasteiger partial charge is 0.324 e. The van der Waals surface area contributed by atoms with Gasteiger partial charge in [0.15, 0.2) is 0 Å². The number of benzene rings is 2. The Bertz CT molecular complexity index is 611. The Hall–Kier alpha value is -1.60. The van der Waals surface area contributed by atoms with Crippen molar-refractivity contribution in [3.63, 3.8) is 0 Å². The summed E-state index contributed by atoms with van der Waals surface area (Å²) < 4.78 is 0. The van der Waals surface area contributed by atoms with Crippen molar-refractivity contribution in [2.75, 3.05) is 0 Å². The third-order valence-corrected chi connectivity index (χ3v) is 4.33. The number of rotatable bonds is 2. The molecular formula is C17H17N. The van der Waals surface area contributed by atoms with E-state index < -0.39 is 0 Å². The third-order valence-electron chi connectivity index (χ3n) is 4.33. The lowest BCUT2D eigenvalue weighted by atomic mass is 9.98. The molecule has 1 saturated carbocycles. The van der Waals surface area contributed by atoms with Crippen LogP contribution in [0.1, 0.15) is 35.6 Å². The van der Waals surface area contributed by atoms with Gasteiger partial charge in [-0.25, -0.2) is 0 Å². The number of fused-ring (bicyclic) bond motifs is 3. The van der Waals surface area contributed by atoms with Crippen LogP contribution in [0.4, 0.5) is 0 Å². The molecule has 2 N–H and O–H groups in total. The van der Waals surface area contributed by atoms with Crippen LogP contribution in [0, 0.1) is 5.92 Å². The maximum Gasteiger partial charge on any atom is 0.0323 e. The van der Waals surface area contributed by atoms with Gasteiger partial charge >= 0.3 is 0 Å². The highest BCUT2D eigenvalue weighted by Gasteiger charge is 2.30. The molecule has 2 aliphatic carbocycles. The monoisotopic (exact) mass is 235 g/mol. The van der Waals surface area contributed by atoms with Crippen LogP contribution in [-0.2, 0) is 6.42 Å². The molecule has 0 aromatic heterocycles. The minimum Gasteiger partial charge on any atom is -0.324 e. The second-order valence-corrected chi connectivity index (χ2v) is 5.61. The first-order chi connectivity index (χ1) is 8.83. The Morgan fingerprint density at radius 2 is 1.72 bits per heavy atom. The molecular weight excluding hydrogens is 218 g/mol. The van der Waals surface area contributed by atoms with Crippen molar-refractivity contribution in [1.82, 2.24) is 0 Å². The van der Waals surface area contributed by atoms with E-state index in [-0.39, 0.29) is 6.04 Å². The SMILES string of the molecule is N[C@@H](c1ccc2c(c1)Cc1ccccc1-2)C1CC1. The summed E-state index contributed by atoms with van der Waals surface area (Å²) in [6.45, 7) is 0. The molecule has 1 nitrogen and oxygen atoms in total. The summed E-state index contributed by atoms with van der Waals surface area (Å²) in [5.74, 6) is 0.729. The van der Waals surface area contributed by atoms with E-state index in [1.54, 1.807) is 0 Å². The van der Waals surface area contributed by atoms with Gasteiger partial charge in [-0.2, -0.15) is 0 Å². The molecule has 0 saturated heterocycles. The van der Waals surface area contributed by atoms with Gasteiger partial charge in [-0.1, -0.05) is 42.5 Å². The molecule has 0 bridgehead atoms. The molecule has 1 atom stereocenters. The van der Waals surface area contributed by atoms with Crippen molar-refractivity contribution < 1.29 is 0 Å². The molecule has 0 aliphatic heterocycles. The van der Waals surface area contributed by atoms with Gasteiger partial charge in [0.25, 0.3) is 0 Å². The topological polar surface area (TPSA) is 26.0 Å². The molecule has 4 rings (SSSR count). The van der Waals surface area contributed by atoms with Crippen LogP contribution < -0.4 is 5.73 Å². The summed E-state index contributed by atoms with van der Waals surface area (Å²) in [4.78, 5) is 0. The van der Waals surface area contributed by atoms with Gasteiger partial charge in [0.05, 0.1) is 0 Å². The molecule has 2 aliphatic rings. The van der Waals surface area contributed by atoms with Crippen LogP contribution in [0.3, 0.4) is 0 Å². The molecule has 0 unspecified atom stereocenters. The van der Waals surface area contributed by atoms with E-state index in [1.807, 2.05) is 0 Å². The smallest absolute Gasteiger partial charge is 0.0323 e. The lowest BCUT2D eigenvalue weighted by molar-refractivity contribution is 0.633. The first-order valence-corrected chi connectivity index (χ1v) is 6.79. The molecule has 0 heterocycles. The average molecular weight is 235 g/mol. The molecule has 18 heavy (non-hydrogen) atoms. The van der Waals surface area contributed by atoms with E-state index >= 15 is 0 Å². The zero-order chi connectivity index (χ0) is 12.1. The van der Waals surface area contributed by atoms with E-state index in [9.17, 15) is 0 Å². The normalized spacial score (nSPS) is 18.3. The number of hydrogen-bond donors (Lipinski definition) is 1. The maximum absolute atomic E-state index is 6.30. The van der Waals surface area contributed by atoms with Crippen molar-refractivity contribution in [3.05, 3.63) is 59.2 Å². The van der Waals surface area contributed by atoms with E-state index in [1.165, 1.54) is 40.7 Å². The van der Waals surface area contributed by atoms with Gasteiger partial charge in [-0.15, -0.1) is 0 Å². The standard InChI is InChI=1S/C17H17N/c18-17(11-5-6-11)13-7-8-16-14(10-13)9-12-3-1-2-4-15(12)16/h1-4,7-8,10-11,17H,5-6,9,18H2/t17-/m1/s1. The van der Waals surface area contributed by atoms with E-state index in [4.69, 9.17) is 5.73 Å². The zero-order valence-electron chi connectivity index (χ0n) is 10.4. The first kappa shape index (κ1) is 10.3. The summed E-state index contributed by atoms with van der Waals surface area (Å²) >= 11 is 0. The lowest BCUT2D eigenvalue weighted by Crippen LogP contribution is -2.12. The van der Waals surface area contributed by atoms with E-state index in [0.29, 0.717) is 0 Å².